The zero-order chi connectivity index (χ0) is 23.7. The van der Waals surface area contributed by atoms with E-state index in [-0.39, 0.29) is 29.8 Å². The molecule has 1 unspecified atom stereocenters. The van der Waals surface area contributed by atoms with Crippen LogP contribution < -0.4 is 10.2 Å². The van der Waals surface area contributed by atoms with Gasteiger partial charge in [-0.25, -0.2) is 19.2 Å². The van der Waals surface area contributed by atoms with Gasteiger partial charge in [0.1, 0.15) is 12.1 Å². The topological polar surface area (TPSA) is 78.4 Å². The Balaban J connectivity index is 1.31. The fourth-order valence-corrected chi connectivity index (χ4v) is 5.15. The van der Waals surface area contributed by atoms with Crippen molar-refractivity contribution in [2.24, 2.45) is 5.41 Å². The molecule has 7 nitrogen and oxygen atoms in total. The second-order valence-electron chi connectivity index (χ2n) is 8.95. The maximum atomic E-state index is 13.5. The number of nitrogens with zero attached hydrogens (tertiary/aromatic N) is 4. The minimum Gasteiger partial charge on any atom is -0.331 e. The fourth-order valence-electron chi connectivity index (χ4n) is 5.15. The van der Waals surface area contributed by atoms with Crippen molar-refractivity contribution in [2.75, 3.05) is 18.0 Å². The van der Waals surface area contributed by atoms with Crippen molar-refractivity contribution in [3.05, 3.63) is 90.3 Å². The van der Waals surface area contributed by atoms with E-state index in [1.807, 2.05) is 37.3 Å². The molecule has 2 aliphatic heterocycles. The Morgan fingerprint density at radius 3 is 2.35 bits per heavy atom. The Morgan fingerprint density at radius 1 is 1.06 bits per heavy atom. The lowest BCUT2D eigenvalue weighted by Gasteiger charge is -2.58. The molecular formula is C26H26FN5O2. The van der Waals surface area contributed by atoms with Gasteiger partial charge >= 0.3 is 6.03 Å². The highest BCUT2D eigenvalue weighted by molar-refractivity contribution is 6.06. The van der Waals surface area contributed by atoms with Gasteiger partial charge in [0.25, 0.3) is 0 Å². The molecule has 34 heavy (non-hydrogen) atoms. The van der Waals surface area contributed by atoms with E-state index in [2.05, 4.69) is 15.3 Å². The largest absolute Gasteiger partial charge is 0.331 e. The first-order valence-corrected chi connectivity index (χ1v) is 11.4. The van der Waals surface area contributed by atoms with Crippen LogP contribution in [-0.2, 0) is 4.79 Å². The lowest BCUT2D eigenvalue weighted by molar-refractivity contribution is -0.144. The van der Waals surface area contributed by atoms with Gasteiger partial charge in [0.2, 0.25) is 5.91 Å². The summed E-state index contributed by atoms with van der Waals surface area (Å²) >= 11 is 0. The first-order chi connectivity index (χ1) is 16.5. The minimum atomic E-state index is -0.559. The number of urea groups is 1. The second-order valence-corrected chi connectivity index (χ2v) is 8.95. The molecule has 2 aliphatic rings. The zero-order valence-corrected chi connectivity index (χ0v) is 18.9. The Labute approximate surface area is 197 Å². The molecule has 0 saturated carbocycles. The third kappa shape index (κ3) is 3.79. The second kappa shape index (κ2) is 8.85. The van der Waals surface area contributed by atoms with Crippen LogP contribution in [-0.4, -0.2) is 39.9 Å². The maximum absolute atomic E-state index is 13.5. The van der Waals surface area contributed by atoms with Crippen molar-refractivity contribution < 1.29 is 14.0 Å². The Bertz CT molecular complexity index is 1160. The number of nitrogens with one attached hydrogen (secondary N) is 1. The van der Waals surface area contributed by atoms with Crippen molar-refractivity contribution >= 4 is 17.6 Å². The number of rotatable bonds is 4. The van der Waals surface area contributed by atoms with E-state index in [1.165, 1.54) is 18.5 Å². The molecule has 1 aromatic heterocycles. The number of benzene rings is 2. The van der Waals surface area contributed by atoms with Gasteiger partial charge in [-0.3, -0.25) is 4.79 Å². The van der Waals surface area contributed by atoms with Crippen molar-refractivity contribution in [3.63, 3.8) is 0 Å². The van der Waals surface area contributed by atoms with E-state index in [1.54, 1.807) is 34.3 Å². The van der Waals surface area contributed by atoms with Crippen LogP contribution in [0.4, 0.5) is 14.9 Å². The summed E-state index contributed by atoms with van der Waals surface area (Å²) in [6, 6.07) is 15.6. The van der Waals surface area contributed by atoms with Gasteiger partial charge in [0, 0.05) is 13.1 Å². The number of hydrogen-bond acceptors (Lipinski definition) is 4. The standard InChI is InChI=1S/C26H26FN5O2/c1-18(19-7-9-21(27)10-8-19)30-25(34)31-13-11-26(12-14-31)23(20-5-3-2-4-6-20)32(24(26)33)22-15-28-17-29-16-22/h2-10,15-18,23H,11-14H2,1H3,(H,30,34)/t18-,23?/m0/s1. The normalized spacial score (nSPS) is 20.1. The van der Waals surface area contributed by atoms with E-state index < -0.39 is 5.41 Å². The van der Waals surface area contributed by atoms with Crippen molar-refractivity contribution in [1.29, 1.82) is 0 Å². The summed E-state index contributed by atoms with van der Waals surface area (Å²) in [4.78, 5) is 38.1. The number of amides is 3. The van der Waals surface area contributed by atoms with Crippen LogP contribution in [0.1, 0.15) is 43.0 Å². The average Bonchev–Trinajstić information content (AvgIpc) is 2.88. The number of β-lactam (4-membered cyclic amide) rings is 1. The van der Waals surface area contributed by atoms with Crippen LogP contribution >= 0.6 is 0 Å². The molecule has 0 aliphatic carbocycles. The van der Waals surface area contributed by atoms with Crippen LogP contribution in [0.2, 0.25) is 0 Å². The van der Waals surface area contributed by atoms with Gasteiger partial charge in [-0.1, -0.05) is 42.5 Å². The molecule has 5 rings (SSSR count). The first kappa shape index (κ1) is 22.0. The zero-order valence-electron chi connectivity index (χ0n) is 18.9. The smallest absolute Gasteiger partial charge is 0.317 e. The predicted octanol–water partition coefficient (Wildman–Crippen LogP) is 4.26. The molecule has 2 aromatic carbocycles. The van der Waals surface area contributed by atoms with Crippen LogP contribution in [0, 0.1) is 11.2 Å². The van der Waals surface area contributed by atoms with E-state index in [9.17, 15) is 14.0 Å². The molecule has 3 amide bonds. The molecule has 3 heterocycles. The average molecular weight is 460 g/mol. The number of anilines is 1. The number of piperidine rings is 1. The molecule has 0 radical (unpaired) electrons. The summed E-state index contributed by atoms with van der Waals surface area (Å²) in [6.07, 6.45) is 5.92. The van der Waals surface area contributed by atoms with Crippen LogP contribution in [0.15, 0.2) is 73.3 Å². The van der Waals surface area contributed by atoms with E-state index >= 15 is 0 Å². The quantitative estimate of drug-likeness (QED) is 0.592. The highest BCUT2D eigenvalue weighted by atomic mass is 19.1. The lowest BCUT2D eigenvalue weighted by Crippen LogP contribution is -2.67. The lowest BCUT2D eigenvalue weighted by atomic mass is 9.62. The van der Waals surface area contributed by atoms with Gasteiger partial charge < -0.3 is 15.1 Å². The van der Waals surface area contributed by atoms with E-state index in [0.29, 0.717) is 31.6 Å². The summed E-state index contributed by atoms with van der Waals surface area (Å²) in [6.45, 7) is 2.84. The van der Waals surface area contributed by atoms with E-state index in [0.717, 1.165) is 11.1 Å². The SMILES string of the molecule is C[C@H](NC(=O)N1CCC2(CC1)C(=O)N(c1cncnc1)C2c1ccccc1)c1ccc(F)cc1. The summed E-state index contributed by atoms with van der Waals surface area (Å²) in [7, 11) is 0. The van der Waals surface area contributed by atoms with Crippen molar-refractivity contribution in [2.45, 2.75) is 31.8 Å². The van der Waals surface area contributed by atoms with E-state index in [4.69, 9.17) is 0 Å². The number of aromatic nitrogens is 2. The van der Waals surface area contributed by atoms with Gasteiger partial charge in [0.05, 0.1) is 35.6 Å². The molecule has 3 aromatic rings. The minimum absolute atomic E-state index is 0.0518. The molecule has 1 N–H and O–H groups in total. The van der Waals surface area contributed by atoms with Gasteiger partial charge in [-0.2, -0.15) is 0 Å². The van der Waals surface area contributed by atoms with Crippen molar-refractivity contribution in [1.82, 2.24) is 20.2 Å². The van der Waals surface area contributed by atoms with Crippen LogP contribution in [0.25, 0.3) is 0 Å². The maximum Gasteiger partial charge on any atom is 0.317 e. The third-order valence-electron chi connectivity index (χ3n) is 7.02. The third-order valence-corrected chi connectivity index (χ3v) is 7.02. The van der Waals surface area contributed by atoms with Crippen LogP contribution in [0.3, 0.4) is 0 Å². The molecule has 2 fully saturated rings. The monoisotopic (exact) mass is 459 g/mol. The number of carbonyl (C=O) groups is 2. The highest BCUT2D eigenvalue weighted by Gasteiger charge is 2.62. The summed E-state index contributed by atoms with van der Waals surface area (Å²) in [5.41, 5.74) is 2.02. The Kier molecular flexibility index (Phi) is 5.73. The summed E-state index contributed by atoms with van der Waals surface area (Å²) in [5, 5.41) is 2.99. The number of halogens is 1. The number of likely N-dealkylation sites (tertiary alicyclic amines) is 1. The Hall–Kier alpha value is -3.81. The molecular weight excluding hydrogens is 433 g/mol. The molecule has 2 atom stereocenters. The highest BCUT2D eigenvalue weighted by Crippen LogP contribution is 2.57. The molecule has 174 valence electrons. The van der Waals surface area contributed by atoms with Crippen molar-refractivity contribution in [3.8, 4) is 0 Å². The number of carbonyl (C=O) groups excluding carboxylic acids is 2. The molecule has 1 spiro atoms. The predicted molar refractivity (Wildman–Crippen MR) is 125 cm³/mol. The first-order valence-electron chi connectivity index (χ1n) is 11.4. The van der Waals surface area contributed by atoms with Gasteiger partial charge in [-0.05, 0) is 43.0 Å². The summed E-state index contributed by atoms with van der Waals surface area (Å²) in [5.74, 6) is -0.256. The van der Waals surface area contributed by atoms with Crippen LogP contribution in [0.5, 0.6) is 0 Å². The summed E-state index contributed by atoms with van der Waals surface area (Å²) < 4.78 is 13.2. The molecule has 8 heteroatoms. The Morgan fingerprint density at radius 2 is 1.71 bits per heavy atom. The molecule has 2 saturated heterocycles. The van der Waals surface area contributed by atoms with Gasteiger partial charge in [0.15, 0.2) is 0 Å². The van der Waals surface area contributed by atoms with Gasteiger partial charge in [-0.15, -0.1) is 0 Å². The number of hydrogen-bond donors (Lipinski definition) is 1. The fraction of sp³-hybridized carbons (Fsp3) is 0.308. The molecule has 0 bridgehead atoms.